The third-order valence-electron chi connectivity index (χ3n) is 2.69. The average Bonchev–Trinajstić information content (AvgIpc) is 3.03. The molecule has 1 atom stereocenters. The van der Waals surface area contributed by atoms with Crippen LogP contribution in [0.15, 0.2) is 22.7 Å². The van der Waals surface area contributed by atoms with Gasteiger partial charge in [0.1, 0.15) is 5.82 Å². The monoisotopic (exact) mass is 287 g/mol. The molecular weight excluding hydrogens is 273 g/mol. The van der Waals surface area contributed by atoms with Crippen molar-refractivity contribution < 1.29 is 9.50 Å². The molecule has 2 nitrogen and oxygen atoms in total. The molecule has 1 aromatic rings. The Bertz CT molecular complexity index is 368. The molecule has 2 N–H and O–H groups in total. The molecule has 1 unspecified atom stereocenters. The van der Waals surface area contributed by atoms with Gasteiger partial charge in [-0.3, -0.25) is 0 Å². The van der Waals surface area contributed by atoms with Crippen LogP contribution in [0.1, 0.15) is 18.4 Å². The van der Waals surface area contributed by atoms with Crippen LogP contribution in [0.5, 0.6) is 0 Å². The van der Waals surface area contributed by atoms with Crippen molar-refractivity contribution in [2.75, 3.05) is 6.54 Å². The summed E-state index contributed by atoms with van der Waals surface area (Å²) in [6.45, 7) is 0.606. The third kappa shape index (κ3) is 3.54. The number of hydrogen-bond donors (Lipinski definition) is 2. The molecule has 1 aliphatic carbocycles. The topological polar surface area (TPSA) is 32.3 Å². The highest BCUT2D eigenvalue weighted by atomic mass is 79.9. The van der Waals surface area contributed by atoms with Crippen LogP contribution in [0.2, 0.25) is 0 Å². The summed E-state index contributed by atoms with van der Waals surface area (Å²) in [4.78, 5) is 0. The molecule has 0 amide bonds. The Balaban J connectivity index is 1.86. The smallest absolute Gasteiger partial charge is 0.124 e. The quantitative estimate of drug-likeness (QED) is 0.871. The maximum absolute atomic E-state index is 12.8. The highest BCUT2D eigenvalue weighted by molar-refractivity contribution is 9.10. The van der Waals surface area contributed by atoms with Gasteiger partial charge in [0, 0.05) is 23.5 Å². The van der Waals surface area contributed by atoms with Crippen molar-refractivity contribution in [3.63, 3.8) is 0 Å². The first-order valence-corrected chi connectivity index (χ1v) is 6.30. The van der Waals surface area contributed by atoms with E-state index in [2.05, 4.69) is 21.2 Å². The van der Waals surface area contributed by atoms with E-state index < -0.39 is 6.10 Å². The third-order valence-corrected chi connectivity index (χ3v) is 3.43. The average molecular weight is 288 g/mol. The summed E-state index contributed by atoms with van der Waals surface area (Å²) in [5.74, 6) is -0.263. The molecule has 0 radical (unpaired) electrons. The normalized spacial score (nSPS) is 17.4. The van der Waals surface area contributed by atoms with Gasteiger partial charge < -0.3 is 10.4 Å². The van der Waals surface area contributed by atoms with E-state index in [1.54, 1.807) is 6.07 Å². The minimum absolute atomic E-state index is 0.263. The van der Waals surface area contributed by atoms with Crippen molar-refractivity contribution in [3.05, 3.63) is 34.1 Å². The highest BCUT2D eigenvalue weighted by Gasteiger charge is 2.21. The van der Waals surface area contributed by atoms with Gasteiger partial charge in [0.2, 0.25) is 0 Å². The first kappa shape index (κ1) is 12.0. The van der Waals surface area contributed by atoms with Crippen molar-refractivity contribution >= 4 is 15.9 Å². The zero-order valence-corrected chi connectivity index (χ0v) is 10.5. The van der Waals surface area contributed by atoms with Crippen LogP contribution in [0.4, 0.5) is 4.39 Å². The van der Waals surface area contributed by atoms with E-state index in [1.807, 2.05) is 0 Å². The Kier molecular flexibility index (Phi) is 3.95. The molecule has 0 aliphatic heterocycles. The Morgan fingerprint density at radius 2 is 2.25 bits per heavy atom. The largest absolute Gasteiger partial charge is 0.391 e. The van der Waals surface area contributed by atoms with Crippen LogP contribution in [0, 0.1) is 5.82 Å². The van der Waals surface area contributed by atoms with Crippen LogP contribution in [-0.4, -0.2) is 23.8 Å². The summed E-state index contributed by atoms with van der Waals surface area (Å²) in [6.07, 6.45) is 2.56. The van der Waals surface area contributed by atoms with Crippen molar-refractivity contribution in [1.29, 1.82) is 0 Å². The Morgan fingerprint density at radius 1 is 1.50 bits per heavy atom. The van der Waals surface area contributed by atoms with E-state index in [-0.39, 0.29) is 5.82 Å². The van der Waals surface area contributed by atoms with Gasteiger partial charge >= 0.3 is 0 Å². The van der Waals surface area contributed by atoms with Gasteiger partial charge in [0.25, 0.3) is 0 Å². The van der Waals surface area contributed by atoms with Crippen LogP contribution >= 0.6 is 15.9 Å². The van der Waals surface area contributed by atoms with Gasteiger partial charge in [-0.15, -0.1) is 0 Å². The molecule has 88 valence electrons. The van der Waals surface area contributed by atoms with E-state index in [4.69, 9.17) is 0 Å². The number of halogens is 2. The number of aliphatic hydroxyl groups is 1. The molecule has 1 saturated carbocycles. The Labute approximate surface area is 103 Å². The number of hydrogen-bond acceptors (Lipinski definition) is 2. The fourth-order valence-corrected chi connectivity index (χ4v) is 2.12. The van der Waals surface area contributed by atoms with E-state index in [9.17, 15) is 9.50 Å². The molecule has 1 aromatic carbocycles. The molecule has 4 heteroatoms. The molecule has 16 heavy (non-hydrogen) atoms. The fraction of sp³-hybridized carbons (Fsp3) is 0.500. The van der Waals surface area contributed by atoms with Gasteiger partial charge in [-0.25, -0.2) is 4.39 Å². The molecule has 0 heterocycles. The van der Waals surface area contributed by atoms with Crippen LogP contribution in [-0.2, 0) is 6.42 Å². The zero-order valence-electron chi connectivity index (χ0n) is 8.92. The fourth-order valence-electron chi connectivity index (χ4n) is 1.60. The van der Waals surface area contributed by atoms with Gasteiger partial charge in [0.15, 0.2) is 0 Å². The van der Waals surface area contributed by atoms with E-state index in [0.29, 0.717) is 19.0 Å². The van der Waals surface area contributed by atoms with Crippen LogP contribution in [0.3, 0.4) is 0 Å². The molecule has 0 saturated heterocycles. The second kappa shape index (κ2) is 5.25. The summed E-state index contributed by atoms with van der Waals surface area (Å²) in [5.41, 5.74) is 0.937. The van der Waals surface area contributed by atoms with Crippen molar-refractivity contribution in [1.82, 2.24) is 5.32 Å². The highest BCUT2D eigenvalue weighted by Crippen LogP contribution is 2.21. The molecular formula is C12H15BrFNO. The second-order valence-electron chi connectivity index (χ2n) is 4.28. The predicted molar refractivity (Wildman–Crippen MR) is 64.8 cm³/mol. The molecule has 0 spiro atoms. The SMILES string of the molecule is OC(CNC1CC1)Cc1ccc(F)cc1Br. The molecule has 2 rings (SSSR count). The van der Waals surface area contributed by atoms with E-state index in [0.717, 1.165) is 10.0 Å². The van der Waals surface area contributed by atoms with Crippen molar-refractivity contribution in [2.24, 2.45) is 0 Å². The number of benzene rings is 1. The molecule has 0 bridgehead atoms. The van der Waals surface area contributed by atoms with E-state index in [1.165, 1.54) is 25.0 Å². The van der Waals surface area contributed by atoms with Gasteiger partial charge in [-0.05, 0) is 30.5 Å². The lowest BCUT2D eigenvalue weighted by molar-refractivity contribution is 0.171. The maximum Gasteiger partial charge on any atom is 0.124 e. The Morgan fingerprint density at radius 3 is 2.88 bits per heavy atom. The molecule has 0 aromatic heterocycles. The number of rotatable bonds is 5. The Hall–Kier alpha value is -0.450. The number of nitrogens with one attached hydrogen (secondary N) is 1. The minimum Gasteiger partial charge on any atom is -0.391 e. The minimum atomic E-state index is -0.414. The van der Waals surface area contributed by atoms with Crippen LogP contribution in [0.25, 0.3) is 0 Å². The standard InChI is InChI=1S/C12H15BrFNO/c13-12-6-9(14)2-1-8(12)5-11(16)7-15-10-3-4-10/h1-2,6,10-11,15-16H,3-5,7H2. The predicted octanol–water partition coefficient (Wildman–Crippen LogP) is 2.24. The number of aliphatic hydroxyl groups excluding tert-OH is 1. The first-order valence-electron chi connectivity index (χ1n) is 5.50. The summed E-state index contributed by atoms with van der Waals surface area (Å²) in [6, 6.07) is 5.16. The van der Waals surface area contributed by atoms with Gasteiger partial charge in [-0.2, -0.15) is 0 Å². The maximum atomic E-state index is 12.8. The van der Waals surface area contributed by atoms with Crippen molar-refractivity contribution in [3.8, 4) is 0 Å². The lowest BCUT2D eigenvalue weighted by Crippen LogP contribution is -2.29. The molecule has 1 fully saturated rings. The van der Waals surface area contributed by atoms with Gasteiger partial charge in [0.05, 0.1) is 6.10 Å². The summed E-state index contributed by atoms with van der Waals surface area (Å²) in [5, 5.41) is 13.1. The van der Waals surface area contributed by atoms with Gasteiger partial charge in [-0.1, -0.05) is 22.0 Å². The summed E-state index contributed by atoms with van der Waals surface area (Å²) >= 11 is 3.30. The van der Waals surface area contributed by atoms with Crippen LogP contribution < -0.4 is 5.32 Å². The zero-order chi connectivity index (χ0) is 11.5. The van der Waals surface area contributed by atoms with E-state index >= 15 is 0 Å². The molecule has 1 aliphatic rings. The summed E-state index contributed by atoms with van der Waals surface area (Å²) < 4.78 is 13.6. The second-order valence-corrected chi connectivity index (χ2v) is 5.13. The lowest BCUT2D eigenvalue weighted by Gasteiger charge is -2.12. The first-order chi connectivity index (χ1) is 7.65. The van der Waals surface area contributed by atoms with Crippen molar-refractivity contribution in [2.45, 2.75) is 31.4 Å². The summed E-state index contributed by atoms with van der Waals surface area (Å²) in [7, 11) is 0. The lowest BCUT2D eigenvalue weighted by atomic mass is 10.1.